The molecule has 2 rings (SSSR count). The molecule has 84 valence electrons. The van der Waals surface area contributed by atoms with Crippen molar-refractivity contribution in [2.24, 2.45) is 12.5 Å². The van der Waals surface area contributed by atoms with E-state index in [1.807, 2.05) is 7.05 Å². The van der Waals surface area contributed by atoms with Gasteiger partial charge in [-0.05, 0) is 24.7 Å². The highest BCUT2D eigenvalue weighted by molar-refractivity contribution is 5.01. The second-order valence-electron chi connectivity index (χ2n) is 5.54. The Kier molecular flexibility index (Phi) is 2.34. The average molecular weight is 209 g/mol. The van der Waals surface area contributed by atoms with Gasteiger partial charge in [0.2, 0.25) is 0 Å². The van der Waals surface area contributed by atoms with E-state index in [9.17, 15) is 5.11 Å². The zero-order chi connectivity index (χ0) is 11.1. The van der Waals surface area contributed by atoms with Crippen molar-refractivity contribution in [3.8, 4) is 0 Å². The Morgan fingerprint density at radius 2 is 2.20 bits per heavy atom. The predicted octanol–water partition coefficient (Wildman–Crippen LogP) is 1.30. The summed E-state index contributed by atoms with van der Waals surface area (Å²) >= 11 is 0. The molecule has 1 N–H and O–H groups in total. The second kappa shape index (κ2) is 3.30. The van der Waals surface area contributed by atoms with Crippen LogP contribution in [0, 0.1) is 5.41 Å². The first-order valence-corrected chi connectivity index (χ1v) is 5.46. The molecule has 1 aromatic rings. The summed E-state index contributed by atoms with van der Waals surface area (Å²) in [6.07, 6.45) is 4.97. The summed E-state index contributed by atoms with van der Waals surface area (Å²) in [5.74, 6) is 0.871. The number of aryl methyl sites for hydroxylation is 1. The topological polar surface area (TPSA) is 50.9 Å². The largest absolute Gasteiger partial charge is 0.389 e. The van der Waals surface area contributed by atoms with Crippen LogP contribution >= 0.6 is 0 Å². The van der Waals surface area contributed by atoms with Crippen LogP contribution in [0.4, 0.5) is 0 Å². The molecule has 0 amide bonds. The first-order valence-electron chi connectivity index (χ1n) is 5.46. The molecule has 0 saturated heterocycles. The molecule has 0 bridgehead atoms. The number of hydrogen-bond donors (Lipinski definition) is 1. The molecule has 1 aromatic heterocycles. The van der Waals surface area contributed by atoms with E-state index in [0.717, 1.165) is 25.1 Å². The second-order valence-corrected chi connectivity index (χ2v) is 5.54. The van der Waals surface area contributed by atoms with Gasteiger partial charge in [0.05, 0.1) is 5.60 Å². The standard InChI is InChI=1S/C11H19N3O/c1-10(2)4-5-11(15,7-10)6-9-12-8-13-14(9)3/h8,15H,4-7H2,1-3H3. The molecular formula is C11H19N3O. The van der Waals surface area contributed by atoms with E-state index < -0.39 is 5.60 Å². The Hall–Kier alpha value is -0.900. The quantitative estimate of drug-likeness (QED) is 0.798. The van der Waals surface area contributed by atoms with Crippen molar-refractivity contribution in [2.45, 2.75) is 45.1 Å². The third kappa shape index (κ3) is 2.20. The molecule has 1 fully saturated rings. The Bertz CT molecular complexity index is 358. The summed E-state index contributed by atoms with van der Waals surface area (Å²) in [6.45, 7) is 4.42. The van der Waals surface area contributed by atoms with Crippen molar-refractivity contribution in [2.75, 3.05) is 0 Å². The van der Waals surface area contributed by atoms with Gasteiger partial charge in [0.15, 0.2) is 0 Å². The average Bonchev–Trinajstić information content (AvgIpc) is 2.59. The molecule has 1 aliphatic rings. The van der Waals surface area contributed by atoms with Crippen molar-refractivity contribution in [1.82, 2.24) is 14.8 Å². The number of aromatic nitrogens is 3. The van der Waals surface area contributed by atoms with Crippen LogP contribution in [0.5, 0.6) is 0 Å². The van der Waals surface area contributed by atoms with E-state index in [1.54, 1.807) is 11.0 Å². The van der Waals surface area contributed by atoms with E-state index in [1.165, 1.54) is 0 Å². The number of hydrogen-bond acceptors (Lipinski definition) is 3. The minimum absolute atomic E-state index is 0.257. The molecule has 1 atom stereocenters. The molecule has 1 unspecified atom stereocenters. The van der Waals surface area contributed by atoms with Crippen molar-refractivity contribution in [3.05, 3.63) is 12.2 Å². The van der Waals surface area contributed by atoms with Gasteiger partial charge in [0, 0.05) is 13.5 Å². The van der Waals surface area contributed by atoms with Gasteiger partial charge in [0.25, 0.3) is 0 Å². The molecule has 1 saturated carbocycles. The van der Waals surface area contributed by atoms with Crippen molar-refractivity contribution in [3.63, 3.8) is 0 Å². The van der Waals surface area contributed by atoms with Gasteiger partial charge in [-0.1, -0.05) is 13.8 Å². The molecule has 0 spiro atoms. The van der Waals surface area contributed by atoms with Gasteiger partial charge >= 0.3 is 0 Å². The lowest BCUT2D eigenvalue weighted by Gasteiger charge is -2.24. The van der Waals surface area contributed by atoms with Crippen LogP contribution in [-0.2, 0) is 13.5 Å². The zero-order valence-electron chi connectivity index (χ0n) is 9.69. The Labute approximate surface area is 90.3 Å². The lowest BCUT2D eigenvalue weighted by molar-refractivity contribution is 0.0351. The normalized spacial score (nSPS) is 29.6. The summed E-state index contributed by atoms with van der Waals surface area (Å²) in [6, 6.07) is 0. The SMILES string of the molecule is Cn1ncnc1CC1(O)CCC(C)(C)C1. The number of nitrogens with zero attached hydrogens (tertiary/aromatic N) is 3. The minimum atomic E-state index is -0.579. The van der Waals surface area contributed by atoms with Crippen LogP contribution in [0.2, 0.25) is 0 Å². The molecule has 4 heteroatoms. The fourth-order valence-corrected chi connectivity index (χ4v) is 2.56. The van der Waals surface area contributed by atoms with Crippen LogP contribution in [-0.4, -0.2) is 25.5 Å². The summed E-state index contributed by atoms with van der Waals surface area (Å²) in [5, 5.41) is 14.5. The highest BCUT2D eigenvalue weighted by Crippen LogP contribution is 2.44. The minimum Gasteiger partial charge on any atom is -0.389 e. The van der Waals surface area contributed by atoms with E-state index in [4.69, 9.17) is 0 Å². The maximum atomic E-state index is 10.4. The first kappa shape index (κ1) is 10.6. The van der Waals surface area contributed by atoms with Gasteiger partial charge in [-0.3, -0.25) is 4.68 Å². The molecule has 0 aliphatic heterocycles. The van der Waals surface area contributed by atoms with Crippen molar-refractivity contribution < 1.29 is 5.11 Å². The lowest BCUT2D eigenvalue weighted by Crippen LogP contribution is -2.30. The van der Waals surface area contributed by atoms with E-state index in [2.05, 4.69) is 23.9 Å². The molecule has 15 heavy (non-hydrogen) atoms. The van der Waals surface area contributed by atoms with E-state index in [0.29, 0.717) is 6.42 Å². The van der Waals surface area contributed by atoms with Crippen LogP contribution < -0.4 is 0 Å². The highest BCUT2D eigenvalue weighted by atomic mass is 16.3. The van der Waals surface area contributed by atoms with E-state index in [-0.39, 0.29) is 5.41 Å². The monoisotopic (exact) mass is 209 g/mol. The maximum Gasteiger partial charge on any atom is 0.138 e. The summed E-state index contributed by atoms with van der Waals surface area (Å²) in [5.41, 5.74) is -0.322. The van der Waals surface area contributed by atoms with Gasteiger partial charge in [-0.15, -0.1) is 0 Å². The Balaban J connectivity index is 2.10. The Morgan fingerprint density at radius 1 is 1.47 bits per heavy atom. The molecular weight excluding hydrogens is 190 g/mol. The van der Waals surface area contributed by atoms with Gasteiger partial charge < -0.3 is 5.11 Å². The lowest BCUT2D eigenvalue weighted by atomic mass is 9.88. The van der Waals surface area contributed by atoms with Gasteiger partial charge in [-0.25, -0.2) is 4.98 Å². The van der Waals surface area contributed by atoms with Gasteiger partial charge in [0.1, 0.15) is 12.2 Å². The molecule has 1 aliphatic carbocycles. The maximum absolute atomic E-state index is 10.4. The zero-order valence-corrected chi connectivity index (χ0v) is 9.69. The fraction of sp³-hybridized carbons (Fsp3) is 0.818. The highest BCUT2D eigenvalue weighted by Gasteiger charge is 2.42. The smallest absolute Gasteiger partial charge is 0.138 e. The molecule has 1 heterocycles. The molecule has 0 aromatic carbocycles. The Morgan fingerprint density at radius 3 is 2.67 bits per heavy atom. The summed E-state index contributed by atoms with van der Waals surface area (Å²) < 4.78 is 1.74. The van der Waals surface area contributed by atoms with Crippen molar-refractivity contribution in [1.29, 1.82) is 0 Å². The predicted molar refractivity (Wildman–Crippen MR) is 57.3 cm³/mol. The summed E-state index contributed by atoms with van der Waals surface area (Å²) in [4.78, 5) is 4.16. The van der Waals surface area contributed by atoms with Crippen LogP contribution in [0.15, 0.2) is 6.33 Å². The van der Waals surface area contributed by atoms with Gasteiger partial charge in [-0.2, -0.15) is 5.10 Å². The van der Waals surface area contributed by atoms with Crippen molar-refractivity contribution >= 4 is 0 Å². The number of aliphatic hydroxyl groups is 1. The third-order valence-corrected chi connectivity index (χ3v) is 3.37. The fourth-order valence-electron chi connectivity index (χ4n) is 2.56. The molecule has 0 radical (unpaired) electrons. The van der Waals surface area contributed by atoms with Crippen LogP contribution in [0.1, 0.15) is 38.9 Å². The van der Waals surface area contributed by atoms with E-state index >= 15 is 0 Å². The van der Waals surface area contributed by atoms with Crippen LogP contribution in [0.25, 0.3) is 0 Å². The number of rotatable bonds is 2. The first-order chi connectivity index (χ1) is 6.90. The van der Waals surface area contributed by atoms with Crippen LogP contribution in [0.3, 0.4) is 0 Å². The molecule has 4 nitrogen and oxygen atoms in total. The third-order valence-electron chi connectivity index (χ3n) is 3.37. The summed E-state index contributed by atoms with van der Waals surface area (Å²) in [7, 11) is 1.87.